The Morgan fingerprint density at radius 2 is 2.44 bits per heavy atom. The van der Waals surface area contributed by atoms with E-state index in [9.17, 15) is 0 Å². The Hall–Kier alpha value is 0.0900. The molecule has 0 aromatic carbocycles. The zero-order chi connectivity index (χ0) is 6.43. The van der Waals surface area contributed by atoms with Crippen LogP contribution in [0.25, 0.3) is 0 Å². The highest BCUT2D eigenvalue weighted by Gasteiger charge is 2.40. The van der Waals surface area contributed by atoms with Crippen LogP contribution in [-0.2, 0) is 0 Å². The lowest BCUT2D eigenvalue weighted by molar-refractivity contribution is 0.284. The molecule has 50 valence electrons. The Morgan fingerprint density at radius 1 is 1.67 bits per heavy atom. The summed E-state index contributed by atoms with van der Waals surface area (Å²) in [5, 5.41) is 0.963. The lowest BCUT2D eigenvalue weighted by atomic mass is 9.75. The van der Waals surface area contributed by atoms with Gasteiger partial charge in [-0.15, -0.1) is 11.8 Å². The van der Waals surface area contributed by atoms with Gasteiger partial charge in [0.25, 0.3) is 0 Å². The summed E-state index contributed by atoms with van der Waals surface area (Å²) in [4.78, 5) is 1.55. The first-order valence-electron chi connectivity index (χ1n) is 3.62. The van der Waals surface area contributed by atoms with Gasteiger partial charge in [-0.2, -0.15) is 0 Å². The van der Waals surface area contributed by atoms with E-state index < -0.39 is 0 Å². The van der Waals surface area contributed by atoms with Gasteiger partial charge in [0.2, 0.25) is 0 Å². The van der Waals surface area contributed by atoms with E-state index in [1.54, 1.807) is 4.91 Å². The molecule has 3 atom stereocenters. The summed E-state index contributed by atoms with van der Waals surface area (Å²) in [6, 6.07) is 0. The molecule has 0 saturated heterocycles. The summed E-state index contributed by atoms with van der Waals surface area (Å²) in [6.07, 6.45) is 3.88. The highest BCUT2D eigenvalue weighted by molar-refractivity contribution is 8.04. The van der Waals surface area contributed by atoms with E-state index in [1.807, 2.05) is 0 Å². The van der Waals surface area contributed by atoms with Crippen molar-refractivity contribution in [3.63, 3.8) is 0 Å². The van der Waals surface area contributed by atoms with Crippen LogP contribution in [0.2, 0.25) is 0 Å². The molecule has 2 rings (SSSR count). The molecule has 9 heavy (non-hydrogen) atoms. The lowest BCUT2D eigenvalue weighted by Crippen LogP contribution is -2.33. The van der Waals surface area contributed by atoms with Gasteiger partial charge in [-0.1, -0.05) is 13.0 Å². The Labute approximate surface area is 60.7 Å². The fraction of sp³-hybridized carbons (Fsp3) is 0.750. The third-order valence-corrected chi connectivity index (χ3v) is 3.99. The smallest absolute Gasteiger partial charge is 0.0180 e. The molecule has 0 spiro atoms. The highest BCUT2D eigenvalue weighted by Crippen LogP contribution is 2.51. The molecule has 1 aliphatic carbocycles. The van der Waals surface area contributed by atoms with E-state index in [0.29, 0.717) is 0 Å². The van der Waals surface area contributed by atoms with Crippen LogP contribution < -0.4 is 0 Å². The Bertz CT molecular complexity index is 160. The second-order valence-corrected chi connectivity index (χ2v) is 4.66. The molecular formula is C8H12S. The van der Waals surface area contributed by atoms with Crippen molar-refractivity contribution >= 4 is 11.8 Å². The zero-order valence-electron chi connectivity index (χ0n) is 5.92. The van der Waals surface area contributed by atoms with Crippen LogP contribution in [0.15, 0.2) is 11.0 Å². The van der Waals surface area contributed by atoms with Crippen LogP contribution in [0, 0.1) is 11.8 Å². The van der Waals surface area contributed by atoms with E-state index in [1.165, 1.54) is 6.42 Å². The minimum Gasteiger partial charge on any atom is -0.127 e. The molecule has 1 fully saturated rings. The summed E-state index contributed by atoms with van der Waals surface area (Å²) in [5.74, 6) is 1.93. The second kappa shape index (κ2) is 1.79. The fourth-order valence-electron chi connectivity index (χ4n) is 1.85. The summed E-state index contributed by atoms with van der Waals surface area (Å²) in [6.45, 7) is 4.59. The van der Waals surface area contributed by atoms with Gasteiger partial charge in [-0.3, -0.25) is 0 Å². The topological polar surface area (TPSA) is 0 Å². The second-order valence-electron chi connectivity index (χ2n) is 3.24. The van der Waals surface area contributed by atoms with Gasteiger partial charge in [0, 0.05) is 5.25 Å². The Balaban J connectivity index is 2.09. The summed E-state index contributed by atoms with van der Waals surface area (Å²) in [7, 11) is 0. The van der Waals surface area contributed by atoms with E-state index in [2.05, 4.69) is 31.7 Å². The maximum absolute atomic E-state index is 2.44. The third kappa shape index (κ3) is 0.743. The predicted octanol–water partition coefficient (Wildman–Crippen LogP) is 2.66. The molecule has 0 radical (unpaired) electrons. The van der Waals surface area contributed by atoms with Crippen molar-refractivity contribution in [3.8, 4) is 0 Å². The molecular weight excluding hydrogens is 128 g/mol. The van der Waals surface area contributed by atoms with E-state index >= 15 is 0 Å². The number of hydrogen-bond donors (Lipinski definition) is 0. The van der Waals surface area contributed by atoms with E-state index in [4.69, 9.17) is 0 Å². The SMILES string of the molecule is CC1=CC2C[C@@H](C)C2S1. The van der Waals surface area contributed by atoms with Gasteiger partial charge in [0.1, 0.15) is 0 Å². The van der Waals surface area contributed by atoms with Gasteiger partial charge in [0.15, 0.2) is 0 Å². The van der Waals surface area contributed by atoms with Crippen molar-refractivity contribution in [2.45, 2.75) is 25.5 Å². The summed E-state index contributed by atoms with van der Waals surface area (Å²) in [5.41, 5.74) is 0. The van der Waals surface area contributed by atoms with Crippen molar-refractivity contribution in [2.24, 2.45) is 11.8 Å². The average Bonchev–Trinajstić information content (AvgIpc) is 2.08. The van der Waals surface area contributed by atoms with E-state index in [0.717, 1.165) is 17.1 Å². The minimum absolute atomic E-state index is 0.949. The molecule has 1 heterocycles. The molecule has 2 unspecified atom stereocenters. The molecule has 0 aromatic heterocycles. The maximum Gasteiger partial charge on any atom is 0.0180 e. The fourth-order valence-corrected chi connectivity index (χ4v) is 3.24. The van der Waals surface area contributed by atoms with Crippen molar-refractivity contribution < 1.29 is 0 Å². The molecule has 1 saturated carbocycles. The Morgan fingerprint density at radius 3 is 2.89 bits per heavy atom. The van der Waals surface area contributed by atoms with Crippen molar-refractivity contribution in [1.29, 1.82) is 0 Å². The van der Waals surface area contributed by atoms with Gasteiger partial charge < -0.3 is 0 Å². The monoisotopic (exact) mass is 140 g/mol. The first-order valence-corrected chi connectivity index (χ1v) is 4.50. The Kier molecular flexibility index (Phi) is 1.16. The van der Waals surface area contributed by atoms with Crippen LogP contribution in [-0.4, -0.2) is 5.25 Å². The quantitative estimate of drug-likeness (QED) is 0.498. The molecule has 2 aliphatic rings. The van der Waals surface area contributed by atoms with Crippen LogP contribution in [0.4, 0.5) is 0 Å². The lowest BCUT2D eigenvalue weighted by Gasteiger charge is -2.36. The summed E-state index contributed by atoms with van der Waals surface area (Å²) < 4.78 is 0. The molecule has 0 N–H and O–H groups in total. The average molecular weight is 140 g/mol. The molecule has 0 bridgehead atoms. The third-order valence-electron chi connectivity index (χ3n) is 2.40. The summed E-state index contributed by atoms with van der Waals surface area (Å²) >= 11 is 2.08. The van der Waals surface area contributed by atoms with Gasteiger partial charge in [0.05, 0.1) is 0 Å². The largest absolute Gasteiger partial charge is 0.127 e. The standard InChI is InChI=1S/C8H12S/c1-5-3-7-4-6(2)9-8(5)7/h4-5,7-8H,3H2,1-2H3/t5-,7?,8?/m1/s1. The number of rotatable bonds is 0. The van der Waals surface area contributed by atoms with Crippen LogP contribution in [0.3, 0.4) is 0 Å². The number of thioether (sulfide) groups is 1. The van der Waals surface area contributed by atoms with Crippen LogP contribution in [0.5, 0.6) is 0 Å². The molecule has 1 heteroatoms. The number of fused-ring (bicyclic) bond motifs is 1. The van der Waals surface area contributed by atoms with Crippen molar-refractivity contribution in [3.05, 3.63) is 11.0 Å². The van der Waals surface area contributed by atoms with E-state index in [-0.39, 0.29) is 0 Å². The van der Waals surface area contributed by atoms with Gasteiger partial charge >= 0.3 is 0 Å². The first-order chi connectivity index (χ1) is 4.27. The highest BCUT2D eigenvalue weighted by atomic mass is 32.2. The number of allylic oxidation sites excluding steroid dienone is 2. The van der Waals surface area contributed by atoms with Gasteiger partial charge in [-0.25, -0.2) is 0 Å². The van der Waals surface area contributed by atoms with Crippen LogP contribution >= 0.6 is 11.8 Å². The molecule has 0 aromatic rings. The molecule has 0 nitrogen and oxygen atoms in total. The number of hydrogen-bond acceptors (Lipinski definition) is 1. The van der Waals surface area contributed by atoms with Gasteiger partial charge in [-0.05, 0) is 30.1 Å². The maximum atomic E-state index is 2.44. The molecule has 0 amide bonds. The normalized spacial score (nSPS) is 47.8. The van der Waals surface area contributed by atoms with Crippen molar-refractivity contribution in [1.82, 2.24) is 0 Å². The predicted molar refractivity (Wildman–Crippen MR) is 42.4 cm³/mol. The first kappa shape index (κ1) is 5.84. The molecule has 1 aliphatic heterocycles. The van der Waals surface area contributed by atoms with Crippen molar-refractivity contribution in [2.75, 3.05) is 0 Å². The zero-order valence-corrected chi connectivity index (χ0v) is 6.74. The van der Waals surface area contributed by atoms with Crippen LogP contribution in [0.1, 0.15) is 20.3 Å². The minimum atomic E-state index is 0.949.